The van der Waals surface area contributed by atoms with Gasteiger partial charge in [0.15, 0.2) is 0 Å². The first-order valence-corrected chi connectivity index (χ1v) is 8.35. The minimum Gasteiger partial charge on any atom is -0.423 e. The van der Waals surface area contributed by atoms with Gasteiger partial charge in [0, 0.05) is 15.9 Å². The number of halogens is 1. The molecule has 0 aliphatic carbocycles. The van der Waals surface area contributed by atoms with Gasteiger partial charge in [-0.05, 0) is 51.6 Å². The summed E-state index contributed by atoms with van der Waals surface area (Å²) in [7, 11) is 0. The molecule has 0 aliphatic heterocycles. The second-order valence-electron chi connectivity index (χ2n) is 5.46. The largest absolute Gasteiger partial charge is 0.423 e. The van der Waals surface area contributed by atoms with Crippen LogP contribution in [0.5, 0.6) is 5.75 Å². The molecule has 0 aliphatic rings. The summed E-state index contributed by atoms with van der Waals surface area (Å²) in [5, 5.41) is 2.11. The number of carbonyl (C=O) groups is 1. The normalized spacial score (nSPS) is 10.9. The van der Waals surface area contributed by atoms with E-state index in [1.807, 2.05) is 18.2 Å². The number of rotatable bonds is 2. The van der Waals surface area contributed by atoms with Crippen molar-refractivity contribution < 1.29 is 13.9 Å². The molecular weight excluding hydrogens is 384 g/mol. The molecule has 0 saturated heterocycles. The van der Waals surface area contributed by atoms with Crippen molar-refractivity contribution in [2.75, 3.05) is 0 Å². The highest BCUT2D eigenvalue weighted by Crippen LogP contribution is 2.27. The maximum Gasteiger partial charge on any atom is 0.344 e. The van der Waals surface area contributed by atoms with Gasteiger partial charge in [-0.1, -0.05) is 30.3 Å². The van der Waals surface area contributed by atoms with Crippen LogP contribution in [-0.4, -0.2) is 5.97 Å². The Labute approximate surface area is 150 Å². The molecule has 0 unspecified atom stereocenters. The SMILES string of the molecule is O=C(Oc1ccc2c(c1)oc(=O)c1ccccc12)c1ccccc1Br. The summed E-state index contributed by atoms with van der Waals surface area (Å²) in [6.45, 7) is 0. The number of benzene rings is 3. The highest BCUT2D eigenvalue weighted by molar-refractivity contribution is 9.10. The van der Waals surface area contributed by atoms with Gasteiger partial charge < -0.3 is 9.15 Å². The van der Waals surface area contributed by atoms with Crippen LogP contribution >= 0.6 is 15.9 Å². The molecule has 122 valence electrons. The van der Waals surface area contributed by atoms with E-state index in [0.717, 1.165) is 10.8 Å². The van der Waals surface area contributed by atoms with E-state index >= 15 is 0 Å². The standard InChI is InChI=1S/C20H11BrO4/c21-17-8-4-3-7-16(17)20(23)24-12-9-10-14-13-5-1-2-6-15(13)19(22)25-18(14)11-12/h1-11H. The molecule has 4 aromatic rings. The van der Waals surface area contributed by atoms with Crippen LogP contribution in [-0.2, 0) is 0 Å². The van der Waals surface area contributed by atoms with Crippen LogP contribution in [0.2, 0.25) is 0 Å². The lowest BCUT2D eigenvalue weighted by molar-refractivity contribution is 0.0734. The summed E-state index contributed by atoms with van der Waals surface area (Å²) in [4.78, 5) is 24.4. The maximum absolute atomic E-state index is 12.3. The average molecular weight is 395 g/mol. The molecule has 1 aromatic heterocycles. The Morgan fingerprint density at radius 1 is 0.880 bits per heavy atom. The van der Waals surface area contributed by atoms with Gasteiger partial charge in [-0.3, -0.25) is 0 Å². The fourth-order valence-electron chi connectivity index (χ4n) is 2.71. The van der Waals surface area contributed by atoms with Crippen molar-refractivity contribution in [1.29, 1.82) is 0 Å². The summed E-state index contributed by atoms with van der Waals surface area (Å²) < 4.78 is 11.4. The number of hydrogen-bond donors (Lipinski definition) is 0. The third-order valence-corrected chi connectivity index (χ3v) is 4.59. The zero-order valence-electron chi connectivity index (χ0n) is 12.9. The number of esters is 1. The Morgan fingerprint density at radius 2 is 1.60 bits per heavy atom. The molecule has 25 heavy (non-hydrogen) atoms. The number of fused-ring (bicyclic) bond motifs is 3. The zero-order valence-corrected chi connectivity index (χ0v) is 14.4. The molecule has 0 N–H and O–H groups in total. The molecule has 0 fully saturated rings. The summed E-state index contributed by atoms with van der Waals surface area (Å²) in [6.07, 6.45) is 0. The Kier molecular flexibility index (Phi) is 3.86. The van der Waals surface area contributed by atoms with Gasteiger partial charge in [-0.15, -0.1) is 0 Å². The topological polar surface area (TPSA) is 56.5 Å². The lowest BCUT2D eigenvalue weighted by atomic mass is 10.1. The van der Waals surface area contributed by atoms with Crippen molar-refractivity contribution >= 4 is 43.6 Å². The number of ether oxygens (including phenoxy) is 1. The first kappa shape index (κ1) is 15.6. The molecule has 1 heterocycles. The molecule has 0 radical (unpaired) electrons. The van der Waals surface area contributed by atoms with E-state index in [-0.39, 0.29) is 0 Å². The molecule has 4 nitrogen and oxygen atoms in total. The summed E-state index contributed by atoms with van der Waals surface area (Å²) in [5.41, 5.74) is 0.376. The molecule has 0 spiro atoms. The van der Waals surface area contributed by atoms with Crippen molar-refractivity contribution in [3.63, 3.8) is 0 Å². The molecule has 3 aromatic carbocycles. The minimum atomic E-state index is -0.491. The van der Waals surface area contributed by atoms with Crippen LogP contribution in [0.25, 0.3) is 21.7 Å². The first-order chi connectivity index (χ1) is 12.1. The number of hydrogen-bond acceptors (Lipinski definition) is 4. The van der Waals surface area contributed by atoms with E-state index in [2.05, 4.69) is 15.9 Å². The predicted octanol–water partition coefficient (Wildman–Crippen LogP) is 4.93. The van der Waals surface area contributed by atoms with Crippen LogP contribution in [0.3, 0.4) is 0 Å². The van der Waals surface area contributed by atoms with Crippen LogP contribution in [0.1, 0.15) is 10.4 Å². The molecule has 0 saturated carbocycles. The minimum absolute atomic E-state index is 0.312. The van der Waals surface area contributed by atoms with Crippen molar-refractivity contribution in [3.8, 4) is 5.75 Å². The van der Waals surface area contributed by atoms with Gasteiger partial charge in [0.25, 0.3) is 0 Å². The van der Waals surface area contributed by atoms with E-state index in [9.17, 15) is 9.59 Å². The second kappa shape index (κ2) is 6.18. The summed E-state index contributed by atoms with van der Waals surface area (Å²) in [5.74, 6) is -0.179. The van der Waals surface area contributed by atoms with Crippen LogP contribution < -0.4 is 10.4 Å². The van der Waals surface area contributed by atoms with Gasteiger partial charge in [-0.25, -0.2) is 9.59 Å². The smallest absolute Gasteiger partial charge is 0.344 e. The second-order valence-corrected chi connectivity index (χ2v) is 6.32. The monoisotopic (exact) mass is 394 g/mol. The predicted molar refractivity (Wildman–Crippen MR) is 99.1 cm³/mol. The summed E-state index contributed by atoms with van der Waals surface area (Å²) >= 11 is 3.33. The lowest BCUT2D eigenvalue weighted by Crippen LogP contribution is -2.09. The van der Waals surface area contributed by atoms with E-state index in [4.69, 9.17) is 9.15 Å². The Balaban J connectivity index is 1.77. The highest BCUT2D eigenvalue weighted by Gasteiger charge is 2.13. The third-order valence-electron chi connectivity index (χ3n) is 3.90. The molecular formula is C20H11BrO4. The van der Waals surface area contributed by atoms with Crippen molar-refractivity contribution in [3.05, 3.63) is 87.2 Å². The fraction of sp³-hybridized carbons (Fsp3) is 0. The van der Waals surface area contributed by atoms with Gasteiger partial charge in [0.05, 0.1) is 10.9 Å². The van der Waals surface area contributed by atoms with Gasteiger partial charge >= 0.3 is 11.6 Å². The van der Waals surface area contributed by atoms with Gasteiger partial charge in [0.1, 0.15) is 11.3 Å². The van der Waals surface area contributed by atoms with Crippen LogP contribution in [0, 0.1) is 0 Å². The quantitative estimate of drug-likeness (QED) is 0.209. The van der Waals surface area contributed by atoms with E-state index in [1.54, 1.807) is 48.5 Å². The van der Waals surface area contributed by atoms with E-state index in [1.165, 1.54) is 0 Å². The molecule has 5 heteroatoms. The van der Waals surface area contributed by atoms with Crippen molar-refractivity contribution in [2.24, 2.45) is 0 Å². The highest BCUT2D eigenvalue weighted by atomic mass is 79.9. The van der Waals surface area contributed by atoms with Gasteiger partial charge in [0.2, 0.25) is 0 Å². The molecule has 0 bridgehead atoms. The van der Waals surface area contributed by atoms with Crippen molar-refractivity contribution in [1.82, 2.24) is 0 Å². The fourth-order valence-corrected chi connectivity index (χ4v) is 3.16. The molecule has 0 atom stereocenters. The Hall–Kier alpha value is -2.92. The van der Waals surface area contributed by atoms with E-state index in [0.29, 0.717) is 26.8 Å². The number of carbonyl (C=O) groups excluding carboxylic acids is 1. The van der Waals surface area contributed by atoms with Crippen molar-refractivity contribution in [2.45, 2.75) is 0 Å². The Morgan fingerprint density at radius 3 is 2.40 bits per heavy atom. The molecule has 0 amide bonds. The van der Waals surface area contributed by atoms with Gasteiger partial charge in [-0.2, -0.15) is 0 Å². The zero-order chi connectivity index (χ0) is 17.4. The molecule has 4 rings (SSSR count). The van der Waals surface area contributed by atoms with E-state index < -0.39 is 11.6 Å². The van der Waals surface area contributed by atoms with Crippen LogP contribution in [0.15, 0.2) is 80.4 Å². The third kappa shape index (κ3) is 2.83. The maximum atomic E-state index is 12.3. The van der Waals surface area contributed by atoms with Crippen LogP contribution in [0.4, 0.5) is 0 Å². The first-order valence-electron chi connectivity index (χ1n) is 7.56. The Bertz CT molecular complexity index is 1180. The summed E-state index contributed by atoms with van der Waals surface area (Å²) in [6, 6.07) is 19.3. The lowest BCUT2D eigenvalue weighted by Gasteiger charge is -2.07. The average Bonchev–Trinajstić information content (AvgIpc) is 2.62.